The van der Waals surface area contributed by atoms with Crippen LogP contribution in [0.4, 0.5) is 17.1 Å². The molecule has 0 aliphatic carbocycles. The van der Waals surface area contributed by atoms with Crippen molar-refractivity contribution in [2.75, 3.05) is 18.6 Å². The molecule has 0 aromatic heterocycles. The van der Waals surface area contributed by atoms with E-state index >= 15 is 0 Å². The van der Waals surface area contributed by atoms with Crippen molar-refractivity contribution in [2.24, 2.45) is 0 Å². The summed E-state index contributed by atoms with van der Waals surface area (Å²) in [7, 11) is 1.67. The Hall–Kier alpha value is -7.12. The third kappa shape index (κ3) is 9.68. The van der Waals surface area contributed by atoms with Crippen LogP contribution in [-0.2, 0) is 20.4 Å². The lowest BCUT2D eigenvalue weighted by molar-refractivity contribution is -0.136. The van der Waals surface area contributed by atoms with Crippen molar-refractivity contribution in [3.8, 4) is 23.0 Å². The number of carbonyl (C=O) groups excluding carboxylic acids is 2. The highest BCUT2D eigenvalue weighted by Crippen LogP contribution is 2.43. The summed E-state index contributed by atoms with van der Waals surface area (Å²) in [5.74, 6) is 1.51. The second kappa shape index (κ2) is 18.5. The SMILES string of the molecule is COc1ccc(C(C)(c2ccc(OC(=O)COc3ccc(C(C)(C)c4ccc(OC(C)=O)c(C)c4)cc3C)cc2)c2ccc(N(c3ccc(C)cc3)c3ccc(C)cc3)cc2)cc1. The van der Waals surface area contributed by atoms with Crippen LogP contribution in [0.1, 0.15) is 77.8 Å². The summed E-state index contributed by atoms with van der Waals surface area (Å²) in [5, 5.41) is 0. The Morgan fingerprint density at radius 3 is 1.32 bits per heavy atom. The Kier molecular flexibility index (Phi) is 12.9. The molecule has 0 spiro atoms. The van der Waals surface area contributed by atoms with E-state index in [-0.39, 0.29) is 18.0 Å². The number of ether oxygens (including phenoxy) is 4. The van der Waals surface area contributed by atoms with Gasteiger partial charge in [0.15, 0.2) is 6.61 Å². The minimum absolute atomic E-state index is 0.250. The summed E-state index contributed by atoms with van der Waals surface area (Å²) < 4.78 is 22.6. The van der Waals surface area contributed by atoms with Gasteiger partial charge in [0, 0.05) is 34.8 Å². The van der Waals surface area contributed by atoms with Gasteiger partial charge >= 0.3 is 11.9 Å². The van der Waals surface area contributed by atoms with Gasteiger partial charge in [-0.1, -0.05) is 110 Å². The number of anilines is 3. The van der Waals surface area contributed by atoms with E-state index in [0.717, 1.165) is 61.8 Å². The maximum absolute atomic E-state index is 13.2. The van der Waals surface area contributed by atoms with Crippen LogP contribution in [0.3, 0.4) is 0 Å². The number of aryl methyl sites for hydroxylation is 4. The Labute approximate surface area is 371 Å². The van der Waals surface area contributed by atoms with Gasteiger partial charge in [0.1, 0.15) is 23.0 Å². The number of esters is 2. The van der Waals surface area contributed by atoms with Gasteiger partial charge in [-0.3, -0.25) is 4.79 Å². The molecule has 0 heterocycles. The molecule has 0 aliphatic heterocycles. The molecule has 0 radical (unpaired) electrons. The molecule has 0 saturated heterocycles. The van der Waals surface area contributed by atoms with Crippen LogP contribution in [-0.4, -0.2) is 25.7 Å². The average Bonchev–Trinajstić information content (AvgIpc) is 3.28. The molecular weight excluding hydrogens is 783 g/mol. The Morgan fingerprint density at radius 2 is 0.889 bits per heavy atom. The largest absolute Gasteiger partial charge is 0.497 e. The summed E-state index contributed by atoms with van der Waals surface area (Å²) in [5.41, 5.74) is 11.9. The highest BCUT2D eigenvalue weighted by molar-refractivity contribution is 5.77. The molecule has 63 heavy (non-hydrogen) atoms. The van der Waals surface area contributed by atoms with Crippen molar-refractivity contribution in [3.05, 3.63) is 208 Å². The van der Waals surface area contributed by atoms with Crippen molar-refractivity contribution in [1.29, 1.82) is 0 Å². The fourth-order valence-corrected chi connectivity index (χ4v) is 8.03. The quantitative estimate of drug-likeness (QED) is 0.0613. The van der Waals surface area contributed by atoms with Gasteiger partial charge < -0.3 is 23.8 Å². The third-order valence-corrected chi connectivity index (χ3v) is 12.0. The van der Waals surface area contributed by atoms with E-state index in [1.54, 1.807) is 7.11 Å². The lowest BCUT2D eigenvalue weighted by atomic mass is 9.71. The highest BCUT2D eigenvalue weighted by Gasteiger charge is 2.32. The standard InChI is InChI=1S/C56H55NO6/c1-37-10-22-47(23-11-37)57(48-24-12-38(2)13-25-48)49-26-14-42(15-27-49)56(8,43-16-28-50(60-9)29-17-43)44-18-30-51(31-19-44)63-54(59)36-61-52-32-20-45(34-39(52)3)55(6,7)46-21-33-53(40(4)35-46)62-41(5)58/h10-35H,36H2,1-9H3. The molecule has 7 nitrogen and oxygen atoms in total. The molecule has 7 heteroatoms. The molecule has 7 aromatic rings. The van der Waals surface area contributed by atoms with Crippen LogP contribution in [0.5, 0.6) is 23.0 Å². The van der Waals surface area contributed by atoms with Gasteiger partial charge in [0.25, 0.3) is 0 Å². The molecule has 320 valence electrons. The fourth-order valence-electron chi connectivity index (χ4n) is 8.03. The first-order valence-corrected chi connectivity index (χ1v) is 21.2. The number of hydrogen-bond acceptors (Lipinski definition) is 7. The molecule has 0 fully saturated rings. The molecule has 1 unspecified atom stereocenters. The predicted octanol–water partition coefficient (Wildman–Crippen LogP) is 13.0. The Balaban J connectivity index is 1.08. The van der Waals surface area contributed by atoms with Crippen LogP contribution >= 0.6 is 0 Å². The van der Waals surface area contributed by atoms with E-state index < -0.39 is 11.4 Å². The maximum Gasteiger partial charge on any atom is 0.349 e. The smallest absolute Gasteiger partial charge is 0.349 e. The summed E-state index contributed by atoms with van der Waals surface area (Å²) in [6.07, 6.45) is 0. The number of carbonyl (C=O) groups is 2. The van der Waals surface area contributed by atoms with E-state index in [2.05, 4.69) is 131 Å². The third-order valence-electron chi connectivity index (χ3n) is 12.0. The van der Waals surface area contributed by atoms with E-state index in [0.29, 0.717) is 17.2 Å². The lowest BCUT2D eigenvalue weighted by Crippen LogP contribution is -2.25. The molecule has 7 aromatic carbocycles. The van der Waals surface area contributed by atoms with Crippen molar-refractivity contribution >= 4 is 29.0 Å². The van der Waals surface area contributed by atoms with Crippen molar-refractivity contribution in [3.63, 3.8) is 0 Å². The number of nitrogens with zero attached hydrogens (tertiary/aromatic N) is 1. The van der Waals surface area contributed by atoms with Gasteiger partial charge in [-0.2, -0.15) is 0 Å². The average molecular weight is 838 g/mol. The first-order valence-electron chi connectivity index (χ1n) is 21.2. The second-order valence-corrected chi connectivity index (χ2v) is 16.9. The molecular formula is C56H55NO6. The molecule has 0 aliphatic rings. The predicted molar refractivity (Wildman–Crippen MR) is 253 cm³/mol. The van der Waals surface area contributed by atoms with Crippen molar-refractivity contribution < 1.29 is 28.5 Å². The van der Waals surface area contributed by atoms with Gasteiger partial charge in [0.2, 0.25) is 0 Å². The second-order valence-electron chi connectivity index (χ2n) is 16.9. The number of rotatable bonds is 14. The number of hydrogen-bond donors (Lipinski definition) is 0. The van der Waals surface area contributed by atoms with E-state index in [9.17, 15) is 9.59 Å². The van der Waals surface area contributed by atoms with Gasteiger partial charge in [-0.05, 0) is 146 Å². The zero-order valence-electron chi connectivity index (χ0n) is 37.6. The van der Waals surface area contributed by atoms with Crippen LogP contribution in [0.2, 0.25) is 0 Å². The van der Waals surface area contributed by atoms with E-state index in [1.165, 1.54) is 18.1 Å². The Bertz CT molecular complexity index is 2660. The van der Waals surface area contributed by atoms with Crippen LogP contribution < -0.4 is 23.8 Å². The molecule has 0 N–H and O–H groups in total. The molecule has 0 bridgehead atoms. The first-order chi connectivity index (χ1) is 30.1. The van der Waals surface area contributed by atoms with Crippen LogP contribution in [0, 0.1) is 27.7 Å². The van der Waals surface area contributed by atoms with E-state index in [1.807, 2.05) is 80.6 Å². The minimum atomic E-state index is -0.570. The van der Waals surface area contributed by atoms with Gasteiger partial charge in [0.05, 0.1) is 7.11 Å². The molecule has 0 saturated carbocycles. The number of methoxy groups -OCH3 is 1. The summed E-state index contributed by atoms with van der Waals surface area (Å²) in [4.78, 5) is 26.9. The zero-order valence-corrected chi connectivity index (χ0v) is 37.6. The molecule has 1 atom stereocenters. The Morgan fingerprint density at radius 1 is 0.492 bits per heavy atom. The molecule has 7 rings (SSSR count). The summed E-state index contributed by atoms with van der Waals surface area (Å²) in [6.45, 7) is 15.8. The minimum Gasteiger partial charge on any atom is -0.497 e. The maximum atomic E-state index is 13.2. The summed E-state index contributed by atoms with van der Waals surface area (Å²) >= 11 is 0. The fraction of sp³-hybridized carbons (Fsp3) is 0.214. The lowest BCUT2D eigenvalue weighted by Gasteiger charge is -2.33. The summed E-state index contributed by atoms with van der Waals surface area (Å²) in [6, 6.07) is 53.7. The topological polar surface area (TPSA) is 74.3 Å². The first kappa shape index (κ1) is 44.0. The van der Waals surface area contributed by atoms with Crippen molar-refractivity contribution in [2.45, 2.75) is 66.2 Å². The van der Waals surface area contributed by atoms with Gasteiger partial charge in [-0.25, -0.2) is 4.79 Å². The zero-order chi connectivity index (χ0) is 44.9. The molecule has 0 amide bonds. The van der Waals surface area contributed by atoms with E-state index in [4.69, 9.17) is 18.9 Å². The normalized spacial score (nSPS) is 12.2. The van der Waals surface area contributed by atoms with Crippen LogP contribution in [0.25, 0.3) is 0 Å². The van der Waals surface area contributed by atoms with Gasteiger partial charge in [-0.15, -0.1) is 0 Å². The number of benzene rings is 7. The highest BCUT2D eigenvalue weighted by atomic mass is 16.6. The monoisotopic (exact) mass is 837 g/mol. The van der Waals surface area contributed by atoms with Crippen LogP contribution in [0.15, 0.2) is 158 Å². The van der Waals surface area contributed by atoms with Crippen molar-refractivity contribution in [1.82, 2.24) is 0 Å².